The molecule has 146 valence electrons. The van der Waals surface area contributed by atoms with Gasteiger partial charge in [0, 0.05) is 34.2 Å². The fourth-order valence-electron chi connectivity index (χ4n) is 4.02. The van der Waals surface area contributed by atoms with Crippen LogP contribution in [0.25, 0.3) is 11.1 Å². The minimum absolute atomic E-state index is 0. The molecule has 0 aliphatic carbocycles. The molecular weight excluding hydrogens is 544 g/mol. The molecular formula is C22H22ClN2O2W-. The average Bonchev–Trinajstić information content (AvgIpc) is 2.85. The third kappa shape index (κ3) is 3.11. The minimum Gasteiger partial charge on any atom is -0.270 e. The largest absolute Gasteiger partial charge is 0.275 e. The van der Waals surface area contributed by atoms with E-state index < -0.39 is 4.87 Å². The van der Waals surface area contributed by atoms with Crippen LogP contribution in [0.15, 0.2) is 30.3 Å². The molecule has 4 rings (SSSR count). The molecule has 2 heterocycles. The van der Waals surface area contributed by atoms with Crippen molar-refractivity contribution < 1.29 is 30.7 Å². The van der Waals surface area contributed by atoms with Crippen LogP contribution in [0.4, 0.5) is 0 Å². The van der Waals surface area contributed by atoms with Gasteiger partial charge in [-0.3, -0.25) is 9.59 Å². The zero-order chi connectivity index (χ0) is 19.3. The van der Waals surface area contributed by atoms with Crippen molar-refractivity contribution in [3.8, 4) is 11.1 Å². The standard InChI is InChI=1S/C22H22ClN2O2.W/c1-14-6-8-17(9-7-14)18-13-19(16(3)12-15(18)2)22(23)20(26)24-10-4-5-11-25(24)21(22)27;/h6-9,12H,4-5,10-11H2,1-3H3;/q-1;. The van der Waals surface area contributed by atoms with Gasteiger partial charge in [0.15, 0.2) is 0 Å². The van der Waals surface area contributed by atoms with Crippen LogP contribution in [0.3, 0.4) is 0 Å². The maximum atomic E-state index is 13.1. The summed E-state index contributed by atoms with van der Waals surface area (Å²) in [5.74, 6) is -0.709. The fraction of sp³-hybridized carbons (Fsp3) is 0.364. The number of hydrogen-bond donors (Lipinski definition) is 0. The Bertz CT molecular complexity index is 918. The third-order valence-corrected chi connectivity index (χ3v) is 6.01. The predicted molar refractivity (Wildman–Crippen MR) is 105 cm³/mol. The number of benzene rings is 2. The van der Waals surface area contributed by atoms with Gasteiger partial charge in [-0.15, -0.1) is 28.8 Å². The Hall–Kier alpha value is -1.64. The van der Waals surface area contributed by atoms with Gasteiger partial charge in [-0.1, -0.05) is 66.4 Å². The van der Waals surface area contributed by atoms with Gasteiger partial charge in [-0.25, -0.2) is 10.0 Å². The second-order valence-electron chi connectivity index (χ2n) is 7.47. The first kappa shape index (κ1) is 21.1. The Morgan fingerprint density at radius 2 is 1.46 bits per heavy atom. The summed E-state index contributed by atoms with van der Waals surface area (Å²) in [4.78, 5) is 24.5. The minimum atomic E-state index is -1.72. The van der Waals surface area contributed by atoms with Crippen molar-refractivity contribution in [1.29, 1.82) is 0 Å². The number of rotatable bonds is 2. The van der Waals surface area contributed by atoms with Crippen molar-refractivity contribution in [2.45, 2.75) is 38.5 Å². The molecule has 6 heteroatoms. The molecule has 0 radical (unpaired) electrons. The smallest absolute Gasteiger partial charge is 0.270 e. The van der Waals surface area contributed by atoms with Gasteiger partial charge < -0.3 is 0 Å². The summed E-state index contributed by atoms with van der Waals surface area (Å²) in [6.07, 6.45) is 1.77. The SMILES string of the molecule is Cc1ccc(-c2[c-]c(C3(Cl)C(=O)N4CCCCN4C3=O)c(C)cc2C)cc1.[W]. The summed E-state index contributed by atoms with van der Waals surface area (Å²) >= 11 is 6.80. The Kier molecular flexibility index (Phi) is 5.76. The number of carbonyl (C=O) groups excluding carboxylic acids is 2. The van der Waals surface area contributed by atoms with Crippen molar-refractivity contribution in [1.82, 2.24) is 10.0 Å². The monoisotopic (exact) mass is 565 g/mol. The topological polar surface area (TPSA) is 40.6 Å². The van der Waals surface area contributed by atoms with Crippen molar-refractivity contribution in [2.24, 2.45) is 0 Å². The first-order valence-electron chi connectivity index (χ1n) is 9.28. The quantitative estimate of drug-likeness (QED) is 0.315. The number of hydrogen-bond acceptors (Lipinski definition) is 2. The maximum Gasteiger partial charge on any atom is 0.275 e. The molecule has 0 N–H and O–H groups in total. The summed E-state index contributed by atoms with van der Waals surface area (Å²) in [5.41, 5.74) is 5.35. The summed E-state index contributed by atoms with van der Waals surface area (Å²) in [6.45, 7) is 7.00. The van der Waals surface area contributed by atoms with Crippen LogP contribution in [-0.4, -0.2) is 34.9 Å². The molecule has 2 fully saturated rings. The van der Waals surface area contributed by atoms with Crippen molar-refractivity contribution >= 4 is 23.4 Å². The zero-order valence-electron chi connectivity index (χ0n) is 16.2. The second-order valence-corrected chi connectivity index (χ2v) is 8.04. The van der Waals surface area contributed by atoms with Crippen LogP contribution < -0.4 is 0 Å². The summed E-state index contributed by atoms with van der Waals surface area (Å²) < 4.78 is 0. The molecule has 0 aromatic heterocycles. The van der Waals surface area contributed by atoms with Crippen LogP contribution in [0, 0.1) is 26.8 Å². The van der Waals surface area contributed by atoms with E-state index in [1.807, 2.05) is 51.1 Å². The molecule has 2 aromatic carbocycles. The van der Waals surface area contributed by atoms with Crippen molar-refractivity contribution in [2.75, 3.05) is 13.1 Å². The molecule has 2 amide bonds. The molecule has 0 atom stereocenters. The molecule has 0 unspecified atom stereocenters. The third-order valence-electron chi connectivity index (χ3n) is 5.50. The van der Waals surface area contributed by atoms with Gasteiger partial charge >= 0.3 is 0 Å². The molecule has 0 spiro atoms. The molecule has 4 nitrogen and oxygen atoms in total. The summed E-state index contributed by atoms with van der Waals surface area (Å²) in [5, 5.41) is 3.02. The van der Waals surface area contributed by atoms with Gasteiger partial charge in [0.2, 0.25) is 4.87 Å². The van der Waals surface area contributed by atoms with Gasteiger partial charge in [-0.2, -0.15) is 0 Å². The normalized spacial score (nSPS) is 18.1. The number of nitrogens with zero attached hydrogens (tertiary/aromatic N) is 2. The Morgan fingerprint density at radius 1 is 0.929 bits per heavy atom. The van der Waals surface area contributed by atoms with E-state index in [1.54, 1.807) is 0 Å². The van der Waals surface area contributed by atoms with Gasteiger partial charge in [0.05, 0.1) is 0 Å². The van der Waals surface area contributed by atoms with Crippen LogP contribution in [0.5, 0.6) is 0 Å². The molecule has 2 saturated heterocycles. The first-order valence-corrected chi connectivity index (χ1v) is 9.65. The molecule has 28 heavy (non-hydrogen) atoms. The average molecular weight is 566 g/mol. The van der Waals surface area contributed by atoms with Crippen molar-refractivity contribution in [3.63, 3.8) is 0 Å². The Labute approximate surface area is 185 Å². The molecule has 2 aromatic rings. The van der Waals surface area contributed by atoms with Gasteiger partial charge in [0.1, 0.15) is 0 Å². The molecule has 0 bridgehead atoms. The van der Waals surface area contributed by atoms with E-state index in [9.17, 15) is 9.59 Å². The predicted octanol–water partition coefficient (Wildman–Crippen LogP) is 3.89. The number of hydrazine groups is 1. The fourth-order valence-corrected chi connectivity index (χ4v) is 4.41. The zero-order valence-corrected chi connectivity index (χ0v) is 19.9. The van der Waals surface area contributed by atoms with Crippen molar-refractivity contribution in [3.05, 3.63) is 58.7 Å². The van der Waals surface area contributed by atoms with E-state index in [1.165, 1.54) is 15.6 Å². The number of fused-ring (bicyclic) bond motifs is 1. The van der Waals surface area contributed by atoms with Crippen LogP contribution in [-0.2, 0) is 35.5 Å². The molecule has 2 aliphatic heterocycles. The Balaban J connectivity index is 0.00000225. The number of halogens is 1. The van der Waals surface area contributed by atoms with Gasteiger partial charge in [-0.05, 0) is 19.8 Å². The first-order chi connectivity index (χ1) is 12.8. The van der Waals surface area contributed by atoms with E-state index in [4.69, 9.17) is 11.6 Å². The van der Waals surface area contributed by atoms with E-state index in [-0.39, 0.29) is 32.9 Å². The van der Waals surface area contributed by atoms with Crippen LogP contribution in [0.1, 0.15) is 35.1 Å². The number of aryl methyl sites for hydroxylation is 3. The van der Waals surface area contributed by atoms with Crippen LogP contribution >= 0.6 is 11.6 Å². The summed E-state index contributed by atoms with van der Waals surface area (Å²) in [7, 11) is 0. The van der Waals surface area contributed by atoms with E-state index in [0.29, 0.717) is 18.7 Å². The Morgan fingerprint density at radius 3 is 2.00 bits per heavy atom. The summed E-state index contributed by atoms with van der Waals surface area (Å²) in [6, 6.07) is 13.5. The number of carbonyl (C=O) groups is 2. The van der Waals surface area contributed by atoms with Crippen LogP contribution in [0.2, 0.25) is 0 Å². The molecule has 2 aliphatic rings. The number of alkyl halides is 1. The molecule has 0 saturated carbocycles. The van der Waals surface area contributed by atoms with E-state index in [0.717, 1.165) is 35.1 Å². The van der Waals surface area contributed by atoms with E-state index in [2.05, 4.69) is 6.07 Å². The number of amides is 2. The van der Waals surface area contributed by atoms with Gasteiger partial charge in [0.25, 0.3) is 11.8 Å². The van der Waals surface area contributed by atoms with E-state index >= 15 is 0 Å². The second kappa shape index (κ2) is 7.65. The maximum absolute atomic E-state index is 13.1.